The van der Waals surface area contributed by atoms with Crippen LogP contribution in [-0.2, 0) is 0 Å². The number of nitrogens with zero attached hydrogens (tertiary/aromatic N) is 3. The highest BCUT2D eigenvalue weighted by atomic mass is 16.4. The third kappa shape index (κ3) is 2.09. The maximum atomic E-state index is 12.1. The van der Waals surface area contributed by atoms with Gasteiger partial charge in [-0.1, -0.05) is 0 Å². The molecular weight excluding hydrogens is 302 g/mol. The van der Waals surface area contributed by atoms with Gasteiger partial charge in [-0.05, 0) is 12.1 Å². The first-order valence-corrected chi connectivity index (χ1v) is 6.52. The van der Waals surface area contributed by atoms with Gasteiger partial charge in [0.1, 0.15) is 34.8 Å². The summed E-state index contributed by atoms with van der Waals surface area (Å²) in [5.41, 5.74) is 0.770. The topological polar surface area (TPSA) is 152 Å². The molecule has 0 saturated heterocycles. The highest BCUT2D eigenvalue weighted by Crippen LogP contribution is 2.23. The van der Waals surface area contributed by atoms with E-state index in [1.54, 1.807) is 12.3 Å². The standard InChI is InChI=1S/C13H9N7O3/c21-12-7(1-5-3-16-20-9(5)19-12)17-10-6-2-8(13(22)23)18-11(6)15-4-14-10/h1-4H,(H,22,23)(H2,14,15,17,18)(H2,16,19,20,21). The van der Waals surface area contributed by atoms with Gasteiger partial charge in [0.25, 0.3) is 5.56 Å². The van der Waals surface area contributed by atoms with Crippen molar-refractivity contribution in [2.45, 2.75) is 0 Å². The van der Waals surface area contributed by atoms with E-state index >= 15 is 0 Å². The quantitative estimate of drug-likeness (QED) is 0.378. The SMILES string of the molecule is O=C(O)c1cc2c(Nc3cc4cn[nH]c4[nH]c3=O)ncnc2[nH]1. The molecule has 23 heavy (non-hydrogen) atoms. The molecule has 4 aromatic rings. The third-order valence-electron chi connectivity index (χ3n) is 3.36. The summed E-state index contributed by atoms with van der Waals surface area (Å²) in [7, 11) is 0. The van der Waals surface area contributed by atoms with Crippen molar-refractivity contribution >= 4 is 39.5 Å². The van der Waals surface area contributed by atoms with Crippen molar-refractivity contribution in [1.82, 2.24) is 30.1 Å². The van der Waals surface area contributed by atoms with Crippen LogP contribution in [0.4, 0.5) is 11.5 Å². The highest BCUT2D eigenvalue weighted by molar-refractivity contribution is 5.97. The second kappa shape index (κ2) is 4.66. The maximum absolute atomic E-state index is 12.1. The van der Waals surface area contributed by atoms with Gasteiger partial charge in [-0.15, -0.1) is 0 Å². The van der Waals surface area contributed by atoms with Gasteiger partial charge in [0.15, 0.2) is 0 Å². The summed E-state index contributed by atoms with van der Waals surface area (Å²) < 4.78 is 0. The van der Waals surface area contributed by atoms with Crippen LogP contribution in [0.5, 0.6) is 0 Å². The number of rotatable bonds is 3. The van der Waals surface area contributed by atoms with Crippen LogP contribution in [0.3, 0.4) is 0 Å². The van der Waals surface area contributed by atoms with E-state index in [1.165, 1.54) is 12.4 Å². The van der Waals surface area contributed by atoms with Gasteiger partial charge >= 0.3 is 5.97 Å². The maximum Gasteiger partial charge on any atom is 0.352 e. The molecule has 0 aliphatic carbocycles. The molecule has 0 radical (unpaired) electrons. The van der Waals surface area contributed by atoms with Crippen molar-refractivity contribution in [3.63, 3.8) is 0 Å². The Morgan fingerprint density at radius 3 is 2.91 bits per heavy atom. The van der Waals surface area contributed by atoms with Gasteiger partial charge in [0.2, 0.25) is 0 Å². The number of aromatic amines is 3. The Kier molecular flexibility index (Phi) is 2.64. The van der Waals surface area contributed by atoms with Gasteiger partial charge in [-0.3, -0.25) is 9.89 Å². The summed E-state index contributed by atoms with van der Waals surface area (Å²) >= 11 is 0. The lowest BCUT2D eigenvalue weighted by molar-refractivity contribution is 0.0691. The number of anilines is 2. The van der Waals surface area contributed by atoms with E-state index < -0.39 is 5.97 Å². The highest BCUT2D eigenvalue weighted by Gasteiger charge is 2.13. The van der Waals surface area contributed by atoms with Gasteiger partial charge < -0.3 is 20.4 Å². The molecule has 0 aliphatic heterocycles. The lowest BCUT2D eigenvalue weighted by atomic mass is 10.3. The minimum atomic E-state index is -1.10. The molecule has 4 rings (SSSR count). The number of aromatic carboxylic acids is 1. The molecule has 4 heterocycles. The zero-order chi connectivity index (χ0) is 16.0. The number of hydrogen-bond acceptors (Lipinski definition) is 6. The number of carboxylic acids is 1. The van der Waals surface area contributed by atoms with Crippen molar-refractivity contribution in [2.24, 2.45) is 0 Å². The first-order chi connectivity index (χ1) is 11.1. The number of aromatic nitrogens is 6. The predicted octanol–water partition coefficient (Wildman–Crippen LogP) is 0.964. The van der Waals surface area contributed by atoms with Crippen LogP contribution in [-0.4, -0.2) is 41.2 Å². The predicted molar refractivity (Wildman–Crippen MR) is 80.8 cm³/mol. The van der Waals surface area contributed by atoms with Crippen LogP contribution >= 0.6 is 0 Å². The Morgan fingerprint density at radius 2 is 2.09 bits per heavy atom. The first kappa shape index (κ1) is 13.0. The van der Waals surface area contributed by atoms with Crippen molar-refractivity contribution < 1.29 is 9.90 Å². The number of H-pyrrole nitrogens is 3. The van der Waals surface area contributed by atoms with E-state index in [0.717, 1.165) is 5.39 Å². The molecule has 10 heteroatoms. The van der Waals surface area contributed by atoms with Crippen LogP contribution < -0.4 is 10.9 Å². The van der Waals surface area contributed by atoms with Gasteiger partial charge in [-0.25, -0.2) is 14.8 Å². The van der Waals surface area contributed by atoms with Gasteiger partial charge in [-0.2, -0.15) is 5.10 Å². The van der Waals surface area contributed by atoms with Gasteiger partial charge in [0, 0.05) is 5.39 Å². The Bertz CT molecular complexity index is 1110. The molecule has 0 aliphatic rings. The fourth-order valence-corrected chi connectivity index (χ4v) is 2.28. The largest absolute Gasteiger partial charge is 0.477 e. The average Bonchev–Trinajstić information content (AvgIpc) is 3.14. The molecule has 10 nitrogen and oxygen atoms in total. The number of carbonyl (C=O) groups is 1. The smallest absolute Gasteiger partial charge is 0.352 e. The molecule has 0 fully saturated rings. The van der Waals surface area contributed by atoms with E-state index in [4.69, 9.17) is 5.11 Å². The summed E-state index contributed by atoms with van der Waals surface area (Å²) in [6.45, 7) is 0. The molecule has 0 spiro atoms. The fraction of sp³-hybridized carbons (Fsp3) is 0. The van der Waals surface area contributed by atoms with Crippen LogP contribution in [0.1, 0.15) is 10.5 Å². The molecule has 0 atom stereocenters. The number of carboxylic acid groups (broad SMARTS) is 1. The molecule has 4 aromatic heterocycles. The van der Waals surface area contributed by atoms with Crippen LogP contribution in [0, 0.1) is 0 Å². The van der Waals surface area contributed by atoms with E-state index in [1.807, 2.05) is 0 Å². The van der Waals surface area contributed by atoms with E-state index in [9.17, 15) is 9.59 Å². The lowest BCUT2D eigenvalue weighted by Crippen LogP contribution is -2.11. The van der Waals surface area contributed by atoms with E-state index in [2.05, 4.69) is 35.5 Å². The van der Waals surface area contributed by atoms with Crippen LogP contribution in [0.15, 0.2) is 29.5 Å². The molecule has 0 saturated carbocycles. The Balaban J connectivity index is 1.83. The zero-order valence-electron chi connectivity index (χ0n) is 11.4. The molecule has 0 unspecified atom stereocenters. The van der Waals surface area contributed by atoms with E-state index in [-0.39, 0.29) is 16.9 Å². The fourth-order valence-electron chi connectivity index (χ4n) is 2.28. The Morgan fingerprint density at radius 1 is 1.22 bits per heavy atom. The second-order valence-electron chi connectivity index (χ2n) is 4.81. The molecule has 114 valence electrons. The minimum absolute atomic E-state index is 0.0113. The third-order valence-corrected chi connectivity index (χ3v) is 3.36. The van der Waals surface area contributed by atoms with Crippen LogP contribution in [0.2, 0.25) is 0 Å². The minimum Gasteiger partial charge on any atom is -0.477 e. The van der Waals surface area contributed by atoms with Crippen molar-refractivity contribution in [3.05, 3.63) is 40.7 Å². The summed E-state index contributed by atoms with van der Waals surface area (Å²) in [6.07, 6.45) is 2.85. The number of fused-ring (bicyclic) bond motifs is 2. The molecular formula is C13H9N7O3. The molecule has 5 N–H and O–H groups in total. The second-order valence-corrected chi connectivity index (χ2v) is 4.81. The number of pyridine rings is 1. The summed E-state index contributed by atoms with van der Waals surface area (Å²) in [5, 5.41) is 19.6. The average molecular weight is 311 g/mol. The molecule has 0 aromatic carbocycles. The first-order valence-electron chi connectivity index (χ1n) is 6.52. The normalized spacial score (nSPS) is 11.1. The monoisotopic (exact) mass is 311 g/mol. The molecule has 0 bridgehead atoms. The summed E-state index contributed by atoms with van der Waals surface area (Å²) in [4.78, 5) is 36.5. The van der Waals surface area contributed by atoms with Crippen molar-refractivity contribution in [2.75, 3.05) is 5.32 Å². The van der Waals surface area contributed by atoms with Crippen molar-refractivity contribution in [3.8, 4) is 0 Å². The lowest BCUT2D eigenvalue weighted by Gasteiger charge is -2.05. The zero-order valence-corrected chi connectivity index (χ0v) is 11.4. The molecule has 0 amide bonds. The van der Waals surface area contributed by atoms with E-state index in [0.29, 0.717) is 22.5 Å². The number of hydrogen-bond donors (Lipinski definition) is 5. The summed E-state index contributed by atoms with van der Waals surface area (Å²) in [6, 6.07) is 3.03. The van der Waals surface area contributed by atoms with Crippen molar-refractivity contribution in [1.29, 1.82) is 0 Å². The van der Waals surface area contributed by atoms with Crippen LogP contribution in [0.25, 0.3) is 22.1 Å². The Labute approximate surface area is 126 Å². The van der Waals surface area contributed by atoms with Gasteiger partial charge in [0.05, 0.1) is 11.6 Å². The Hall–Kier alpha value is -3.69. The summed E-state index contributed by atoms with van der Waals surface area (Å²) in [5.74, 6) is -0.779. The number of nitrogens with one attached hydrogen (secondary N) is 4.